The first-order valence-corrected chi connectivity index (χ1v) is 3.89. The van der Waals surface area contributed by atoms with Gasteiger partial charge in [-0.15, -0.1) is 0 Å². The zero-order valence-electron chi connectivity index (χ0n) is 7.80. The van der Waals surface area contributed by atoms with Crippen LogP contribution in [0.3, 0.4) is 0 Å². The molecule has 1 rings (SSSR count). The summed E-state index contributed by atoms with van der Waals surface area (Å²) in [5, 5.41) is 0. The normalized spacial score (nSPS) is 11.3. The second-order valence-corrected chi connectivity index (χ2v) is 3.66. The molecule has 0 radical (unpaired) electrons. The number of H-pyrrole nitrogens is 2. The third-order valence-corrected chi connectivity index (χ3v) is 1.21. The van der Waals surface area contributed by atoms with Crippen molar-refractivity contribution >= 4 is 5.97 Å². The van der Waals surface area contributed by atoms with Gasteiger partial charge >= 0.3 is 11.7 Å². The minimum Gasteiger partial charge on any atom is -0.455 e. The van der Waals surface area contributed by atoms with Gasteiger partial charge in [-0.1, -0.05) is 0 Å². The third-order valence-electron chi connectivity index (χ3n) is 1.21. The minimum atomic E-state index is -0.550. The highest BCUT2D eigenvalue weighted by molar-refractivity contribution is 5.87. The highest BCUT2D eigenvalue weighted by atomic mass is 16.6. The van der Waals surface area contributed by atoms with Gasteiger partial charge in [0, 0.05) is 6.20 Å². The minimum absolute atomic E-state index is 0.139. The maximum Gasteiger partial charge on any atom is 0.356 e. The van der Waals surface area contributed by atoms with Crippen molar-refractivity contribution in [2.24, 2.45) is 0 Å². The van der Waals surface area contributed by atoms with Crippen LogP contribution < -0.4 is 5.69 Å². The molecule has 0 aliphatic carbocycles. The lowest BCUT2D eigenvalue weighted by Gasteiger charge is -2.18. The van der Waals surface area contributed by atoms with Gasteiger partial charge in [-0.25, -0.2) is 9.59 Å². The quantitative estimate of drug-likeness (QED) is 0.629. The summed E-state index contributed by atoms with van der Waals surface area (Å²) in [4.78, 5) is 26.5. The van der Waals surface area contributed by atoms with E-state index in [2.05, 4.69) is 9.97 Å². The Morgan fingerprint density at radius 3 is 2.46 bits per heavy atom. The van der Waals surface area contributed by atoms with E-state index in [1.165, 1.54) is 6.20 Å². The molecule has 0 saturated carbocycles. The van der Waals surface area contributed by atoms with Crippen molar-refractivity contribution in [2.45, 2.75) is 26.4 Å². The van der Waals surface area contributed by atoms with Crippen LogP contribution in [0.4, 0.5) is 0 Å². The first-order chi connectivity index (χ1) is 5.88. The van der Waals surface area contributed by atoms with E-state index in [1.54, 1.807) is 20.8 Å². The highest BCUT2D eigenvalue weighted by Gasteiger charge is 2.18. The van der Waals surface area contributed by atoms with Crippen LogP contribution in [0.15, 0.2) is 11.0 Å². The number of carbonyl (C=O) groups is 1. The summed E-state index contributed by atoms with van der Waals surface area (Å²) < 4.78 is 5.01. The van der Waals surface area contributed by atoms with Gasteiger partial charge in [0.05, 0.1) is 0 Å². The number of esters is 1. The van der Waals surface area contributed by atoms with Crippen LogP contribution in [-0.2, 0) is 4.74 Å². The van der Waals surface area contributed by atoms with E-state index in [0.717, 1.165) is 0 Å². The largest absolute Gasteiger partial charge is 0.455 e. The second-order valence-electron chi connectivity index (χ2n) is 3.66. The fraction of sp³-hybridized carbons (Fsp3) is 0.500. The van der Waals surface area contributed by atoms with E-state index in [-0.39, 0.29) is 5.69 Å². The lowest BCUT2D eigenvalue weighted by atomic mass is 10.2. The van der Waals surface area contributed by atoms with Crippen LogP contribution >= 0.6 is 0 Å². The Bertz CT molecular complexity index is 356. The number of hydrogen-bond acceptors (Lipinski definition) is 3. The van der Waals surface area contributed by atoms with E-state index >= 15 is 0 Å². The number of nitrogens with one attached hydrogen (secondary N) is 2. The lowest BCUT2D eigenvalue weighted by Crippen LogP contribution is -2.24. The number of rotatable bonds is 1. The molecule has 0 saturated heterocycles. The SMILES string of the molecule is CC(C)(C)OC(=O)c1c[nH]c(=O)[nH]1. The molecule has 0 atom stereocenters. The molecule has 1 heterocycles. The molecule has 1 aromatic heterocycles. The maximum absolute atomic E-state index is 11.3. The summed E-state index contributed by atoms with van der Waals surface area (Å²) in [6.45, 7) is 5.28. The van der Waals surface area contributed by atoms with E-state index in [0.29, 0.717) is 0 Å². The van der Waals surface area contributed by atoms with Gasteiger partial charge in [-0.05, 0) is 20.8 Å². The molecule has 5 nitrogen and oxygen atoms in total. The molecule has 72 valence electrons. The van der Waals surface area contributed by atoms with Crippen LogP contribution in [0.25, 0.3) is 0 Å². The van der Waals surface area contributed by atoms with Gasteiger partial charge in [0.2, 0.25) is 0 Å². The first kappa shape index (κ1) is 9.57. The van der Waals surface area contributed by atoms with Crippen molar-refractivity contribution in [1.82, 2.24) is 9.97 Å². The van der Waals surface area contributed by atoms with E-state index in [1.807, 2.05) is 0 Å². The Labute approximate surface area is 75.1 Å². The van der Waals surface area contributed by atoms with Crippen LogP contribution in [0.5, 0.6) is 0 Å². The maximum atomic E-state index is 11.3. The van der Waals surface area contributed by atoms with Crippen molar-refractivity contribution < 1.29 is 9.53 Å². The second kappa shape index (κ2) is 3.08. The highest BCUT2D eigenvalue weighted by Crippen LogP contribution is 2.09. The Kier molecular flexibility index (Phi) is 2.27. The number of imidazole rings is 1. The number of aromatic nitrogens is 2. The smallest absolute Gasteiger partial charge is 0.356 e. The molecule has 5 heteroatoms. The van der Waals surface area contributed by atoms with E-state index in [9.17, 15) is 9.59 Å². The van der Waals surface area contributed by atoms with Crippen molar-refractivity contribution in [2.75, 3.05) is 0 Å². The Morgan fingerprint density at radius 2 is 2.08 bits per heavy atom. The summed E-state index contributed by atoms with van der Waals surface area (Å²) in [6, 6.07) is 0. The monoisotopic (exact) mass is 184 g/mol. The number of ether oxygens (including phenoxy) is 1. The third kappa shape index (κ3) is 2.77. The average Bonchev–Trinajstić information content (AvgIpc) is 2.31. The van der Waals surface area contributed by atoms with Gasteiger partial charge in [0.25, 0.3) is 0 Å². The van der Waals surface area contributed by atoms with E-state index < -0.39 is 17.3 Å². The molecule has 0 aliphatic rings. The van der Waals surface area contributed by atoms with Gasteiger partial charge < -0.3 is 14.7 Å². The molecule has 1 aromatic rings. The molecule has 0 fully saturated rings. The molecule has 0 aromatic carbocycles. The van der Waals surface area contributed by atoms with Gasteiger partial charge in [-0.3, -0.25) is 0 Å². The molecular formula is C8H12N2O3. The zero-order valence-corrected chi connectivity index (χ0v) is 7.80. The van der Waals surface area contributed by atoms with Crippen molar-refractivity contribution in [3.05, 3.63) is 22.4 Å². The molecule has 0 bridgehead atoms. The fourth-order valence-electron chi connectivity index (χ4n) is 0.775. The van der Waals surface area contributed by atoms with Crippen LogP contribution in [-0.4, -0.2) is 21.5 Å². The summed E-state index contributed by atoms with van der Waals surface area (Å²) >= 11 is 0. The predicted molar refractivity (Wildman–Crippen MR) is 46.6 cm³/mol. The summed E-state index contributed by atoms with van der Waals surface area (Å²) in [6.07, 6.45) is 1.29. The summed E-state index contributed by atoms with van der Waals surface area (Å²) in [5.74, 6) is -0.536. The summed E-state index contributed by atoms with van der Waals surface area (Å²) in [7, 11) is 0. The Balaban J connectivity index is 2.75. The standard InChI is InChI=1S/C8H12N2O3/c1-8(2,3)13-6(11)5-4-9-7(12)10-5/h4H,1-3H3,(H2,9,10,12). The molecule has 2 N–H and O–H groups in total. The molecule has 0 amide bonds. The molecule has 0 aliphatic heterocycles. The summed E-state index contributed by atoms with van der Waals surface area (Å²) in [5.41, 5.74) is -0.827. The average molecular weight is 184 g/mol. The predicted octanol–water partition coefficient (Wildman–Crippen LogP) is 0.658. The number of aromatic amines is 2. The van der Waals surface area contributed by atoms with Crippen LogP contribution in [0.1, 0.15) is 31.3 Å². The Hall–Kier alpha value is -1.52. The van der Waals surface area contributed by atoms with Gasteiger partial charge in [0.15, 0.2) is 0 Å². The Morgan fingerprint density at radius 1 is 1.46 bits per heavy atom. The topological polar surface area (TPSA) is 75.0 Å². The molecule has 13 heavy (non-hydrogen) atoms. The molecule has 0 unspecified atom stereocenters. The first-order valence-electron chi connectivity index (χ1n) is 3.89. The van der Waals surface area contributed by atoms with Crippen LogP contribution in [0, 0.1) is 0 Å². The van der Waals surface area contributed by atoms with Crippen molar-refractivity contribution in [3.8, 4) is 0 Å². The molecular weight excluding hydrogens is 172 g/mol. The number of carbonyl (C=O) groups excluding carboxylic acids is 1. The number of hydrogen-bond donors (Lipinski definition) is 2. The fourth-order valence-corrected chi connectivity index (χ4v) is 0.775. The zero-order chi connectivity index (χ0) is 10.1. The van der Waals surface area contributed by atoms with Gasteiger partial charge in [-0.2, -0.15) is 0 Å². The lowest BCUT2D eigenvalue weighted by molar-refractivity contribution is 0.00633. The van der Waals surface area contributed by atoms with Crippen LogP contribution in [0.2, 0.25) is 0 Å². The van der Waals surface area contributed by atoms with E-state index in [4.69, 9.17) is 4.74 Å². The molecule has 0 spiro atoms. The van der Waals surface area contributed by atoms with Crippen molar-refractivity contribution in [1.29, 1.82) is 0 Å². The van der Waals surface area contributed by atoms with Crippen molar-refractivity contribution in [3.63, 3.8) is 0 Å². The van der Waals surface area contributed by atoms with Gasteiger partial charge in [0.1, 0.15) is 11.3 Å².